The van der Waals surface area contributed by atoms with E-state index in [1.807, 2.05) is 30.3 Å². The number of methoxy groups -OCH3 is 1. The quantitative estimate of drug-likeness (QED) is 0.439. The van der Waals surface area contributed by atoms with Gasteiger partial charge in [0.2, 0.25) is 0 Å². The molecule has 0 spiro atoms. The van der Waals surface area contributed by atoms with Gasteiger partial charge >= 0.3 is 5.97 Å². The molecule has 5 atom stereocenters. The van der Waals surface area contributed by atoms with E-state index >= 15 is 0 Å². The third-order valence-corrected chi connectivity index (χ3v) is 5.00. The molecule has 8 nitrogen and oxygen atoms in total. The predicted molar refractivity (Wildman–Crippen MR) is 105 cm³/mol. The van der Waals surface area contributed by atoms with E-state index in [2.05, 4.69) is 5.32 Å². The fourth-order valence-electron chi connectivity index (χ4n) is 3.29. The lowest BCUT2D eigenvalue weighted by molar-refractivity contribution is -0.225. The molecule has 1 heterocycles. The Morgan fingerprint density at radius 3 is 2.34 bits per heavy atom. The van der Waals surface area contributed by atoms with Crippen LogP contribution >= 0.6 is 0 Å². The van der Waals surface area contributed by atoms with Crippen molar-refractivity contribution < 1.29 is 34.7 Å². The highest BCUT2D eigenvalue weighted by Crippen LogP contribution is 2.24. The molecule has 1 aliphatic rings. The summed E-state index contributed by atoms with van der Waals surface area (Å²) >= 11 is 0. The van der Waals surface area contributed by atoms with Crippen LogP contribution in [0.15, 0.2) is 48.5 Å². The van der Waals surface area contributed by atoms with E-state index in [0.29, 0.717) is 5.56 Å². The number of hydrogen-bond donors (Lipinski definition) is 5. The van der Waals surface area contributed by atoms with Crippen molar-refractivity contribution in [3.8, 4) is 11.1 Å². The Balaban J connectivity index is 1.65. The zero-order valence-electron chi connectivity index (χ0n) is 15.9. The molecule has 0 bridgehead atoms. The van der Waals surface area contributed by atoms with E-state index in [-0.39, 0.29) is 6.54 Å². The molecular formula is C21H25NO7. The summed E-state index contributed by atoms with van der Waals surface area (Å²) in [5.41, 5.74) is 3.01. The monoisotopic (exact) mass is 403 g/mol. The van der Waals surface area contributed by atoms with Crippen LogP contribution in [0, 0.1) is 0 Å². The summed E-state index contributed by atoms with van der Waals surface area (Å²) in [6.07, 6.45) is -5.75. The molecule has 0 amide bonds. The van der Waals surface area contributed by atoms with E-state index in [1.54, 1.807) is 18.2 Å². The molecule has 0 saturated carbocycles. The molecule has 156 valence electrons. The minimum Gasteiger partial charge on any atom is -0.465 e. The van der Waals surface area contributed by atoms with E-state index in [4.69, 9.17) is 9.47 Å². The number of aliphatic hydroxyl groups is 4. The van der Waals surface area contributed by atoms with Gasteiger partial charge in [-0.2, -0.15) is 0 Å². The number of ether oxygens (including phenoxy) is 2. The lowest BCUT2D eigenvalue weighted by Crippen LogP contribution is -2.60. The molecule has 1 fully saturated rings. The molecule has 2 aromatic carbocycles. The summed E-state index contributed by atoms with van der Waals surface area (Å²) < 4.78 is 10.2. The number of aliphatic hydroxyl groups excluding tert-OH is 4. The zero-order chi connectivity index (χ0) is 21.0. The van der Waals surface area contributed by atoms with Gasteiger partial charge in [0.1, 0.15) is 30.5 Å². The summed E-state index contributed by atoms with van der Waals surface area (Å²) in [5.74, 6) is -0.398. The van der Waals surface area contributed by atoms with E-state index < -0.39 is 43.1 Å². The van der Waals surface area contributed by atoms with Crippen LogP contribution < -0.4 is 5.32 Å². The Labute approximate surface area is 168 Å². The lowest BCUT2D eigenvalue weighted by atomic mass is 9.95. The van der Waals surface area contributed by atoms with Gasteiger partial charge in [0.25, 0.3) is 0 Å². The van der Waals surface area contributed by atoms with Crippen molar-refractivity contribution in [3.63, 3.8) is 0 Å². The molecular weight excluding hydrogens is 378 g/mol. The van der Waals surface area contributed by atoms with Crippen LogP contribution in [-0.2, 0) is 9.47 Å². The maximum atomic E-state index is 11.7. The summed E-state index contributed by atoms with van der Waals surface area (Å²) in [5, 5.41) is 42.1. The number of hydrogen-bond acceptors (Lipinski definition) is 8. The van der Waals surface area contributed by atoms with Gasteiger partial charge in [-0.3, -0.25) is 0 Å². The van der Waals surface area contributed by atoms with Crippen LogP contribution in [0.1, 0.15) is 10.4 Å². The maximum absolute atomic E-state index is 11.7. The maximum Gasteiger partial charge on any atom is 0.337 e. The smallest absolute Gasteiger partial charge is 0.337 e. The van der Waals surface area contributed by atoms with E-state index in [1.165, 1.54) is 7.11 Å². The second kappa shape index (κ2) is 9.34. The first-order chi connectivity index (χ1) is 13.9. The third kappa shape index (κ3) is 4.75. The van der Waals surface area contributed by atoms with Crippen molar-refractivity contribution >= 4 is 11.7 Å². The van der Waals surface area contributed by atoms with Gasteiger partial charge in [-0.05, 0) is 35.4 Å². The molecule has 0 unspecified atom stereocenters. The molecule has 8 heteroatoms. The Morgan fingerprint density at radius 2 is 1.69 bits per heavy atom. The van der Waals surface area contributed by atoms with Gasteiger partial charge in [-0.15, -0.1) is 0 Å². The number of anilines is 1. The Bertz CT molecular complexity index is 824. The van der Waals surface area contributed by atoms with Crippen LogP contribution in [0.2, 0.25) is 0 Å². The summed E-state index contributed by atoms with van der Waals surface area (Å²) in [4.78, 5) is 11.7. The highest BCUT2D eigenvalue weighted by atomic mass is 16.5. The standard InChI is InChI=1S/C21H25NO7/c1-28-21(27)14-4-2-3-13(9-14)12-5-7-15(8-6-12)22-10-16-18(24)20(26)19(25)17(11-23)29-16/h2-9,16-20,22-26H,10-11H2,1H3/t16-,17-,18-,19-,20-/m1/s1. The van der Waals surface area contributed by atoms with Crippen molar-refractivity contribution in [3.05, 3.63) is 54.1 Å². The first-order valence-corrected chi connectivity index (χ1v) is 9.27. The van der Waals surface area contributed by atoms with Gasteiger partial charge < -0.3 is 35.2 Å². The van der Waals surface area contributed by atoms with Crippen LogP contribution in [0.3, 0.4) is 0 Å². The predicted octanol–water partition coefficient (Wildman–Crippen LogP) is 0.394. The van der Waals surface area contributed by atoms with E-state index in [9.17, 15) is 25.2 Å². The normalized spacial score (nSPS) is 26.7. The van der Waals surface area contributed by atoms with Crippen molar-refractivity contribution in [2.24, 2.45) is 0 Å². The van der Waals surface area contributed by atoms with Gasteiger partial charge in [0.05, 0.1) is 19.3 Å². The molecule has 0 aliphatic carbocycles. The van der Waals surface area contributed by atoms with E-state index in [0.717, 1.165) is 16.8 Å². The highest BCUT2D eigenvalue weighted by Gasteiger charge is 2.43. The number of benzene rings is 2. The summed E-state index contributed by atoms with van der Waals surface area (Å²) in [7, 11) is 1.34. The highest BCUT2D eigenvalue weighted by molar-refractivity contribution is 5.91. The first kappa shape index (κ1) is 21.2. The molecule has 3 rings (SSSR count). The average molecular weight is 403 g/mol. The molecule has 1 aliphatic heterocycles. The van der Waals surface area contributed by atoms with Gasteiger partial charge in [0.15, 0.2) is 0 Å². The fourth-order valence-corrected chi connectivity index (χ4v) is 3.29. The fraction of sp³-hybridized carbons (Fsp3) is 0.381. The number of esters is 1. The molecule has 5 N–H and O–H groups in total. The van der Waals surface area contributed by atoms with Crippen LogP contribution in [0.25, 0.3) is 11.1 Å². The first-order valence-electron chi connectivity index (χ1n) is 9.27. The minimum atomic E-state index is -1.39. The summed E-state index contributed by atoms with van der Waals surface area (Å²) in [6.45, 7) is -0.278. The SMILES string of the molecule is COC(=O)c1cccc(-c2ccc(NC[C@H]3O[C@H](CO)[C@@H](O)[C@H](O)[C@@H]3O)cc2)c1. The third-order valence-electron chi connectivity index (χ3n) is 5.00. The van der Waals surface area contributed by atoms with Crippen LogP contribution in [0.4, 0.5) is 5.69 Å². The van der Waals surface area contributed by atoms with Crippen molar-refractivity contribution in [1.82, 2.24) is 0 Å². The Hall–Kier alpha value is -2.49. The van der Waals surface area contributed by atoms with Crippen molar-refractivity contribution in [2.45, 2.75) is 30.5 Å². The molecule has 0 aromatic heterocycles. The molecule has 2 aromatic rings. The zero-order valence-corrected chi connectivity index (χ0v) is 15.9. The number of rotatable bonds is 6. The van der Waals surface area contributed by atoms with Crippen LogP contribution in [0.5, 0.6) is 0 Å². The second-order valence-corrected chi connectivity index (χ2v) is 6.90. The van der Waals surface area contributed by atoms with Gasteiger partial charge in [-0.1, -0.05) is 24.3 Å². The average Bonchev–Trinajstić information content (AvgIpc) is 2.77. The topological polar surface area (TPSA) is 128 Å². The number of carbonyl (C=O) groups excluding carboxylic acids is 1. The number of nitrogens with one attached hydrogen (secondary N) is 1. The second-order valence-electron chi connectivity index (χ2n) is 6.90. The Kier molecular flexibility index (Phi) is 6.83. The van der Waals surface area contributed by atoms with Crippen LogP contribution in [-0.4, -0.2) is 77.2 Å². The lowest BCUT2D eigenvalue weighted by Gasteiger charge is -2.40. The van der Waals surface area contributed by atoms with Crippen molar-refractivity contribution in [1.29, 1.82) is 0 Å². The van der Waals surface area contributed by atoms with Crippen molar-refractivity contribution in [2.75, 3.05) is 25.6 Å². The van der Waals surface area contributed by atoms with Gasteiger partial charge in [-0.25, -0.2) is 4.79 Å². The largest absolute Gasteiger partial charge is 0.465 e. The summed E-state index contributed by atoms with van der Waals surface area (Å²) in [6, 6.07) is 14.6. The van der Waals surface area contributed by atoms with Gasteiger partial charge in [0, 0.05) is 12.2 Å². The Morgan fingerprint density at radius 1 is 1.00 bits per heavy atom. The molecule has 29 heavy (non-hydrogen) atoms. The minimum absolute atomic E-state index is 0.179. The molecule has 0 radical (unpaired) electrons. The number of carbonyl (C=O) groups is 1. The molecule has 1 saturated heterocycles.